The smallest absolute Gasteiger partial charge is 0.157 e. The number of nitrogens with zero attached hydrogens (tertiary/aromatic N) is 3. The Labute approximate surface area is 154 Å². The average molecular weight is 346 g/mol. The Kier molecular flexibility index (Phi) is 4.79. The van der Waals surface area contributed by atoms with Crippen LogP contribution >= 0.6 is 0 Å². The Morgan fingerprint density at radius 1 is 1.12 bits per heavy atom. The zero-order chi connectivity index (χ0) is 17.9. The van der Waals surface area contributed by atoms with Gasteiger partial charge in [-0.15, -0.1) is 0 Å². The van der Waals surface area contributed by atoms with Gasteiger partial charge in [0.25, 0.3) is 0 Å². The van der Waals surface area contributed by atoms with Crippen molar-refractivity contribution in [1.29, 1.82) is 5.26 Å². The predicted octanol–water partition coefficient (Wildman–Crippen LogP) is 5.23. The van der Waals surface area contributed by atoms with Crippen molar-refractivity contribution in [3.8, 4) is 6.07 Å². The molecule has 0 unspecified atom stereocenters. The number of para-hydroxylation sites is 2. The van der Waals surface area contributed by atoms with Crippen molar-refractivity contribution in [3.05, 3.63) is 41.0 Å². The first kappa shape index (κ1) is 16.9. The second-order valence-corrected chi connectivity index (χ2v) is 7.25. The largest absolute Gasteiger partial charge is 0.371 e. The summed E-state index contributed by atoms with van der Waals surface area (Å²) in [5.41, 5.74) is 6.18. The third-order valence-electron chi connectivity index (χ3n) is 5.50. The Balaban J connectivity index is 1.88. The SMILES string of the molecule is CCCCCCNc1c2c(c(C#N)c3nc4ccccc4n13)CCCC2. The van der Waals surface area contributed by atoms with Gasteiger partial charge in [0, 0.05) is 6.54 Å². The second kappa shape index (κ2) is 7.37. The predicted molar refractivity (Wildman–Crippen MR) is 107 cm³/mol. The molecule has 0 atom stereocenters. The van der Waals surface area contributed by atoms with E-state index in [9.17, 15) is 5.26 Å². The van der Waals surface area contributed by atoms with Crippen LogP contribution in [0.15, 0.2) is 24.3 Å². The van der Waals surface area contributed by atoms with Gasteiger partial charge in [-0.25, -0.2) is 4.98 Å². The molecular weight excluding hydrogens is 320 g/mol. The third-order valence-corrected chi connectivity index (χ3v) is 5.50. The molecule has 0 saturated heterocycles. The summed E-state index contributed by atoms with van der Waals surface area (Å²) in [7, 11) is 0. The maximum Gasteiger partial charge on any atom is 0.157 e. The average Bonchev–Trinajstić information content (AvgIpc) is 3.06. The quantitative estimate of drug-likeness (QED) is 0.622. The number of aromatic nitrogens is 2. The standard InChI is InChI=1S/C22H26N4/c1-2-3-4-9-14-24-21-17-11-6-5-10-16(17)18(15-23)22-25-19-12-7-8-13-20(19)26(21)22/h7-8,12-13,24H,2-6,9-11,14H2,1H3. The van der Waals surface area contributed by atoms with Gasteiger partial charge in [-0.1, -0.05) is 38.3 Å². The van der Waals surface area contributed by atoms with Crippen molar-refractivity contribution in [2.45, 2.75) is 58.3 Å². The minimum Gasteiger partial charge on any atom is -0.371 e. The molecule has 0 fully saturated rings. The first-order valence-electron chi connectivity index (χ1n) is 9.94. The van der Waals surface area contributed by atoms with Gasteiger partial charge in [0.05, 0.1) is 16.6 Å². The van der Waals surface area contributed by atoms with Crippen LogP contribution in [0, 0.1) is 11.3 Å². The van der Waals surface area contributed by atoms with Crippen molar-refractivity contribution < 1.29 is 0 Å². The van der Waals surface area contributed by atoms with E-state index < -0.39 is 0 Å². The van der Waals surface area contributed by atoms with E-state index in [-0.39, 0.29) is 0 Å². The van der Waals surface area contributed by atoms with E-state index in [0.29, 0.717) is 0 Å². The van der Waals surface area contributed by atoms with Gasteiger partial charge in [0.1, 0.15) is 11.9 Å². The molecule has 0 amide bonds. The van der Waals surface area contributed by atoms with Crippen LogP contribution in [0.4, 0.5) is 5.82 Å². The van der Waals surface area contributed by atoms with Crippen molar-refractivity contribution >= 4 is 22.5 Å². The van der Waals surface area contributed by atoms with Crippen molar-refractivity contribution in [1.82, 2.24) is 9.38 Å². The van der Waals surface area contributed by atoms with E-state index in [2.05, 4.69) is 28.8 Å². The molecular formula is C22H26N4. The fraction of sp³-hybridized carbons (Fsp3) is 0.455. The summed E-state index contributed by atoms with van der Waals surface area (Å²) in [6.45, 7) is 3.21. The summed E-state index contributed by atoms with van der Waals surface area (Å²) < 4.78 is 2.19. The lowest BCUT2D eigenvalue weighted by Gasteiger charge is -2.23. The molecule has 3 aromatic rings. The van der Waals surface area contributed by atoms with Crippen molar-refractivity contribution in [2.24, 2.45) is 0 Å². The fourth-order valence-corrected chi connectivity index (χ4v) is 4.19. The summed E-state index contributed by atoms with van der Waals surface area (Å²) in [6, 6.07) is 10.7. The molecule has 1 N–H and O–H groups in total. The molecule has 0 aliphatic heterocycles. The number of benzene rings is 1. The highest BCUT2D eigenvalue weighted by molar-refractivity contribution is 5.86. The van der Waals surface area contributed by atoms with E-state index in [4.69, 9.17) is 4.98 Å². The zero-order valence-electron chi connectivity index (χ0n) is 15.5. The number of unbranched alkanes of at least 4 members (excludes halogenated alkanes) is 3. The Morgan fingerprint density at radius 2 is 1.92 bits per heavy atom. The molecule has 1 aliphatic carbocycles. The van der Waals surface area contributed by atoms with E-state index in [1.54, 1.807) is 0 Å². The van der Waals surface area contributed by atoms with E-state index in [0.717, 1.165) is 48.1 Å². The van der Waals surface area contributed by atoms with Crippen LogP contribution in [-0.2, 0) is 12.8 Å². The summed E-state index contributed by atoms with van der Waals surface area (Å²) in [5.74, 6) is 1.17. The van der Waals surface area contributed by atoms with Crippen molar-refractivity contribution in [2.75, 3.05) is 11.9 Å². The molecule has 134 valence electrons. The van der Waals surface area contributed by atoms with Gasteiger partial charge in [-0.2, -0.15) is 5.26 Å². The maximum atomic E-state index is 9.86. The molecule has 0 spiro atoms. The van der Waals surface area contributed by atoms with Crippen LogP contribution < -0.4 is 5.32 Å². The molecule has 2 heterocycles. The summed E-state index contributed by atoms with van der Waals surface area (Å²) in [5, 5.41) is 13.6. The maximum absolute atomic E-state index is 9.86. The van der Waals surface area contributed by atoms with Crippen LogP contribution in [0.25, 0.3) is 16.7 Å². The summed E-state index contributed by atoms with van der Waals surface area (Å²) in [4.78, 5) is 4.81. The monoisotopic (exact) mass is 346 g/mol. The number of imidazole rings is 1. The topological polar surface area (TPSA) is 53.1 Å². The number of nitriles is 1. The van der Waals surface area contributed by atoms with Crippen LogP contribution in [0.1, 0.15) is 62.1 Å². The number of hydrogen-bond acceptors (Lipinski definition) is 3. The highest BCUT2D eigenvalue weighted by Gasteiger charge is 2.24. The van der Waals surface area contributed by atoms with Crippen LogP contribution in [0.5, 0.6) is 0 Å². The van der Waals surface area contributed by atoms with E-state index >= 15 is 0 Å². The molecule has 2 aromatic heterocycles. The lowest BCUT2D eigenvalue weighted by atomic mass is 9.89. The number of nitrogens with one attached hydrogen (secondary N) is 1. The van der Waals surface area contributed by atoms with Gasteiger partial charge in [-0.3, -0.25) is 4.40 Å². The minimum absolute atomic E-state index is 0.771. The van der Waals surface area contributed by atoms with Gasteiger partial charge >= 0.3 is 0 Å². The third kappa shape index (κ3) is 2.82. The number of pyridine rings is 1. The number of hydrogen-bond donors (Lipinski definition) is 1. The Hall–Kier alpha value is -2.54. The lowest BCUT2D eigenvalue weighted by molar-refractivity contribution is 0.672. The number of rotatable bonds is 6. The molecule has 4 heteroatoms. The van der Waals surface area contributed by atoms with Gasteiger partial charge in [-0.05, 0) is 55.4 Å². The minimum atomic E-state index is 0.771. The number of anilines is 1. The molecule has 0 radical (unpaired) electrons. The van der Waals surface area contributed by atoms with Crippen molar-refractivity contribution in [3.63, 3.8) is 0 Å². The van der Waals surface area contributed by atoms with Crippen LogP contribution in [-0.4, -0.2) is 15.9 Å². The molecule has 4 rings (SSSR count). The van der Waals surface area contributed by atoms with E-state index in [1.807, 2.05) is 18.2 Å². The van der Waals surface area contributed by atoms with E-state index in [1.165, 1.54) is 49.0 Å². The molecule has 1 aliphatic rings. The van der Waals surface area contributed by atoms with Crippen LogP contribution in [0.3, 0.4) is 0 Å². The van der Waals surface area contributed by atoms with Gasteiger partial charge in [0.15, 0.2) is 5.65 Å². The Bertz CT molecular complexity index is 977. The van der Waals surface area contributed by atoms with Crippen LogP contribution in [0.2, 0.25) is 0 Å². The molecule has 1 aromatic carbocycles. The second-order valence-electron chi connectivity index (χ2n) is 7.25. The number of fused-ring (bicyclic) bond motifs is 4. The Morgan fingerprint density at radius 3 is 2.73 bits per heavy atom. The normalized spacial score (nSPS) is 13.7. The first-order chi connectivity index (χ1) is 12.8. The zero-order valence-corrected chi connectivity index (χ0v) is 15.5. The summed E-state index contributed by atoms with van der Waals surface area (Å²) in [6.07, 6.45) is 9.37. The van der Waals surface area contributed by atoms with Gasteiger partial charge in [0.2, 0.25) is 0 Å². The lowest BCUT2D eigenvalue weighted by Crippen LogP contribution is -2.16. The highest BCUT2D eigenvalue weighted by Crippen LogP contribution is 2.35. The highest BCUT2D eigenvalue weighted by atomic mass is 15.1. The molecule has 0 bridgehead atoms. The fourth-order valence-electron chi connectivity index (χ4n) is 4.19. The molecule has 4 nitrogen and oxygen atoms in total. The first-order valence-corrected chi connectivity index (χ1v) is 9.94. The molecule has 26 heavy (non-hydrogen) atoms. The summed E-state index contributed by atoms with van der Waals surface area (Å²) >= 11 is 0. The van der Waals surface area contributed by atoms with Gasteiger partial charge < -0.3 is 5.32 Å². The molecule has 0 saturated carbocycles.